The van der Waals surface area contributed by atoms with Gasteiger partial charge in [0.2, 0.25) is 11.8 Å². The first-order valence-electron chi connectivity index (χ1n) is 9.48. The maximum Gasteiger partial charge on any atom is 0.328 e. The third kappa shape index (κ3) is 5.22. The van der Waals surface area contributed by atoms with Crippen LogP contribution in [0, 0.1) is 11.7 Å². The van der Waals surface area contributed by atoms with Crippen molar-refractivity contribution < 1.29 is 23.5 Å². The number of esters is 1. The molecular formula is C20H24ClFN2O4. The SMILES string of the molecule is COC(=O)[C@H](CC1CC1)NC(=O)C[C@@H]1CCC(=O)N1Cc1cc(F)ccc1Cl. The van der Waals surface area contributed by atoms with Crippen molar-refractivity contribution in [2.75, 3.05) is 7.11 Å². The predicted octanol–water partition coefficient (Wildman–Crippen LogP) is 2.82. The highest BCUT2D eigenvalue weighted by Gasteiger charge is 2.35. The standard InChI is InChI=1S/C20H24ClFN2O4/c1-28-20(27)17(8-12-2-3-12)23-18(25)10-15-5-7-19(26)24(15)11-13-9-14(22)4-6-16(13)21/h4,6,9,12,15,17H,2-3,5,7-8,10-11H2,1H3,(H,23,25)/t15-,17-/m0/s1. The Balaban J connectivity index is 1.62. The largest absolute Gasteiger partial charge is 0.467 e. The molecule has 2 atom stereocenters. The van der Waals surface area contributed by atoms with Gasteiger partial charge in [-0.25, -0.2) is 9.18 Å². The van der Waals surface area contributed by atoms with Crippen LogP contribution in [0.4, 0.5) is 4.39 Å². The van der Waals surface area contributed by atoms with E-state index in [9.17, 15) is 18.8 Å². The zero-order valence-corrected chi connectivity index (χ0v) is 16.5. The number of nitrogens with one attached hydrogen (secondary N) is 1. The molecule has 152 valence electrons. The van der Waals surface area contributed by atoms with Crippen molar-refractivity contribution >= 4 is 29.4 Å². The Bertz CT molecular complexity index is 769. The van der Waals surface area contributed by atoms with Crippen LogP contribution in [0.3, 0.4) is 0 Å². The fourth-order valence-electron chi connectivity index (χ4n) is 3.58. The average Bonchev–Trinajstić information content (AvgIpc) is 3.42. The number of hydrogen-bond donors (Lipinski definition) is 1. The van der Waals surface area contributed by atoms with Gasteiger partial charge >= 0.3 is 5.97 Å². The number of likely N-dealkylation sites (tertiary alicyclic amines) is 1. The second-order valence-electron chi connectivity index (χ2n) is 7.48. The minimum Gasteiger partial charge on any atom is -0.467 e. The third-order valence-electron chi connectivity index (χ3n) is 5.31. The molecule has 1 aliphatic heterocycles. The van der Waals surface area contributed by atoms with Gasteiger partial charge in [0, 0.05) is 30.5 Å². The van der Waals surface area contributed by atoms with Gasteiger partial charge in [-0.15, -0.1) is 0 Å². The highest BCUT2D eigenvalue weighted by molar-refractivity contribution is 6.31. The van der Waals surface area contributed by atoms with E-state index in [1.165, 1.54) is 25.3 Å². The van der Waals surface area contributed by atoms with E-state index >= 15 is 0 Å². The second kappa shape index (κ2) is 8.90. The molecule has 0 radical (unpaired) electrons. The summed E-state index contributed by atoms with van der Waals surface area (Å²) in [6.45, 7) is 0.149. The van der Waals surface area contributed by atoms with E-state index in [4.69, 9.17) is 16.3 Å². The highest BCUT2D eigenvalue weighted by Crippen LogP contribution is 2.34. The van der Waals surface area contributed by atoms with Crippen LogP contribution >= 0.6 is 11.6 Å². The van der Waals surface area contributed by atoms with E-state index < -0.39 is 17.8 Å². The second-order valence-corrected chi connectivity index (χ2v) is 7.88. The number of methoxy groups -OCH3 is 1. The Morgan fingerprint density at radius 2 is 2.11 bits per heavy atom. The molecule has 1 saturated carbocycles. The number of carbonyl (C=O) groups excluding carboxylic acids is 3. The van der Waals surface area contributed by atoms with Gasteiger partial charge in [-0.05, 0) is 42.5 Å². The molecular weight excluding hydrogens is 387 g/mol. The molecule has 2 fully saturated rings. The lowest BCUT2D eigenvalue weighted by molar-refractivity contribution is -0.145. The lowest BCUT2D eigenvalue weighted by Crippen LogP contribution is -2.44. The predicted molar refractivity (Wildman–Crippen MR) is 101 cm³/mol. The van der Waals surface area contributed by atoms with Gasteiger partial charge < -0.3 is 15.0 Å². The summed E-state index contributed by atoms with van der Waals surface area (Å²) >= 11 is 6.11. The van der Waals surface area contributed by atoms with Gasteiger partial charge in [0.25, 0.3) is 0 Å². The number of carbonyl (C=O) groups is 3. The first-order chi connectivity index (χ1) is 13.4. The van der Waals surface area contributed by atoms with E-state index in [0.29, 0.717) is 35.8 Å². The van der Waals surface area contributed by atoms with Crippen LogP contribution in [0.1, 0.15) is 44.1 Å². The summed E-state index contributed by atoms with van der Waals surface area (Å²) in [5.74, 6) is -0.830. The molecule has 8 heteroatoms. The van der Waals surface area contributed by atoms with Crippen LogP contribution < -0.4 is 5.32 Å². The van der Waals surface area contributed by atoms with Gasteiger partial charge in [-0.2, -0.15) is 0 Å². The van der Waals surface area contributed by atoms with Gasteiger partial charge in [-0.3, -0.25) is 9.59 Å². The lowest BCUT2D eigenvalue weighted by atomic mass is 10.1. The monoisotopic (exact) mass is 410 g/mol. The Labute approximate surface area is 168 Å². The molecule has 1 aromatic carbocycles. The van der Waals surface area contributed by atoms with Crippen molar-refractivity contribution in [2.45, 2.75) is 57.2 Å². The smallest absolute Gasteiger partial charge is 0.328 e. The van der Waals surface area contributed by atoms with E-state index in [1.807, 2.05) is 0 Å². The number of rotatable bonds is 8. The highest BCUT2D eigenvalue weighted by atomic mass is 35.5. The summed E-state index contributed by atoms with van der Waals surface area (Å²) < 4.78 is 18.3. The van der Waals surface area contributed by atoms with Crippen molar-refractivity contribution in [1.29, 1.82) is 0 Å². The van der Waals surface area contributed by atoms with Gasteiger partial charge in [0.1, 0.15) is 11.9 Å². The maximum atomic E-state index is 13.5. The summed E-state index contributed by atoms with van der Waals surface area (Å²) in [5.41, 5.74) is 0.503. The van der Waals surface area contributed by atoms with E-state index in [1.54, 1.807) is 4.90 Å². The third-order valence-corrected chi connectivity index (χ3v) is 5.68. The number of nitrogens with zero attached hydrogens (tertiary/aromatic N) is 1. The summed E-state index contributed by atoms with van der Waals surface area (Å²) in [6, 6.07) is 3.04. The molecule has 0 spiro atoms. The summed E-state index contributed by atoms with van der Waals surface area (Å²) in [4.78, 5) is 38.3. The minimum absolute atomic E-state index is 0.0802. The zero-order valence-electron chi connectivity index (χ0n) is 15.7. The molecule has 1 N–H and O–H groups in total. The van der Waals surface area contributed by atoms with Crippen LogP contribution in [0.25, 0.3) is 0 Å². The molecule has 1 aliphatic carbocycles. The molecule has 0 unspecified atom stereocenters. The summed E-state index contributed by atoms with van der Waals surface area (Å²) in [7, 11) is 1.30. The minimum atomic E-state index is -0.659. The van der Waals surface area contributed by atoms with Gasteiger partial charge in [-0.1, -0.05) is 24.4 Å². The number of halogens is 2. The Morgan fingerprint density at radius 1 is 1.36 bits per heavy atom. The van der Waals surface area contributed by atoms with Crippen LogP contribution in [0.5, 0.6) is 0 Å². The summed E-state index contributed by atoms with van der Waals surface area (Å²) in [6.07, 6.45) is 3.63. The fourth-order valence-corrected chi connectivity index (χ4v) is 3.76. The molecule has 1 saturated heterocycles. The number of amides is 2. The molecule has 0 aromatic heterocycles. The number of ether oxygens (including phenoxy) is 1. The van der Waals surface area contributed by atoms with Gasteiger partial charge in [0.05, 0.1) is 7.11 Å². The Hall–Kier alpha value is -2.15. The average molecular weight is 411 g/mol. The van der Waals surface area contributed by atoms with E-state index in [2.05, 4.69) is 5.32 Å². The lowest BCUT2D eigenvalue weighted by Gasteiger charge is -2.26. The number of hydrogen-bond acceptors (Lipinski definition) is 4. The van der Waals surface area contributed by atoms with E-state index in [0.717, 1.165) is 12.8 Å². The van der Waals surface area contributed by atoms with E-state index in [-0.39, 0.29) is 30.8 Å². The Morgan fingerprint density at radius 3 is 2.79 bits per heavy atom. The molecule has 2 aliphatic rings. The fraction of sp³-hybridized carbons (Fsp3) is 0.550. The van der Waals surface area contributed by atoms with Crippen LogP contribution in [0.15, 0.2) is 18.2 Å². The zero-order chi connectivity index (χ0) is 20.3. The topological polar surface area (TPSA) is 75.7 Å². The summed E-state index contributed by atoms with van der Waals surface area (Å²) in [5, 5.41) is 3.12. The molecule has 1 aromatic rings. The quantitative estimate of drug-likeness (QED) is 0.669. The van der Waals surface area contributed by atoms with Crippen LogP contribution in [0.2, 0.25) is 5.02 Å². The van der Waals surface area contributed by atoms with Crippen molar-refractivity contribution in [3.8, 4) is 0 Å². The normalized spacial score (nSPS) is 20.2. The van der Waals surface area contributed by atoms with Crippen molar-refractivity contribution in [3.05, 3.63) is 34.6 Å². The van der Waals surface area contributed by atoms with Crippen molar-refractivity contribution in [2.24, 2.45) is 5.92 Å². The Kier molecular flexibility index (Phi) is 6.54. The first-order valence-corrected chi connectivity index (χ1v) is 9.85. The van der Waals surface area contributed by atoms with Crippen molar-refractivity contribution in [3.63, 3.8) is 0 Å². The molecule has 2 amide bonds. The molecule has 6 nitrogen and oxygen atoms in total. The molecule has 28 heavy (non-hydrogen) atoms. The van der Waals surface area contributed by atoms with Crippen LogP contribution in [-0.2, 0) is 25.7 Å². The maximum absolute atomic E-state index is 13.5. The molecule has 1 heterocycles. The van der Waals surface area contributed by atoms with Crippen LogP contribution in [-0.4, -0.2) is 41.9 Å². The van der Waals surface area contributed by atoms with Gasteiger partial charge in [0.15, 0.2) is 0 Å². The first kappa shape index (κ1) is 20.6. The molecule has 0 bridgehead atoms. The molecule has 3 rings (SSSR count). The van der Waals surface area contributed by atoms with Crippen molar-refractivity contribution in [1.82, 2.24) is 10.2 Å². The number of benzene rings is 1.